The highest BCUT2D eigenvalue weighted by atomic mass is 16.5. The standard InChI is InChI=1S/C32H33NO5/c1-5-36-32(35)31-23(3)33(4)29-17-16-27(21-28(29)31)38-20-6-19-37-26-14-12-25(13-15-26)30(34)18-11-24-9-7-22(2)8-10-24/h7-18,21H,5-6,19-20H2,1-4H3. The van der Waals surface area contributed by atoms with Gasteiger partial charge in [0.15, 0.2) is 5.78 Å². The van der Waals surface area contributed by atoms with Gasteiger partial charge in [-0.3, -0.25) is 4.79 Å². The van der Waals surface area contributed by atoms with Gasteiger partial charge in [0, 0.05) is 35.6 Å². The molecular formula is C32H33NO5. The van der Waals surface area contributed by atoms with Crippen molar-refractivity contribution in [1.29, 1.82) is 0 Å². The highest BCUT2D eigenvalue weighted by molar-refractivity contribution is 6.07. The van der Waals surface area contributed by atoms with Crippen LogP contribution in [-0.4, -0.2) is 36.1 Å². The Bertz CT molecular complexity index is 1450. The minimum atomic E-state index is -0.323. The van der Waals surface area contributed by atoms with Gasteiger partial charge in [-0.15, -0.1) is 0 Å². The molecule has 0 amide bonds. The molecule has 0 unspecified atom stereocenters. The van der Waals surface area contributed by atoms with Gasteiger partial charge in [0.1, 0.15) is 11.5 Å². The molecule has 0 spiro atoms. The van der Waals surface area contributed by atoms with Crippen molar-refractivity contribution in [3.8, 4) is 11.5 Å². The fourth-order valence-electron chi connectivity index (χ4n) is 4.20. The zero-order chi connectivity index (χ0) is 27.1. The van der Waals surface area contributed by atoms with Crippen molar-refractivity contribution >= 4 is 28.7 Å². The number of ether oxygens (including phenoxy) is 3. The van der Waals surface area contributed by atoms with Gasteiger partial charge < -0.3 is 18.8 Å². The second kappa shape index (κ2) is 12.3. The average Bonchev–Trinajstić information content (AvgIpc) is 3.17. The van der Waals surface area contributed by atoms with Crippen LogP contribution in [0.2, 0.25) is 0 Å². The van der Waals surface area contributed by atoms with Crippen LogP contribution in [-0.2, 0) is 11.8 Å². The summed E-state index contributed by atoms with van der Waals surface area (Å²) in [6.45, 7) is 7.01. The Morgan fingerprint density at radius 2 is 1.53 bits per heavy atom. The lowest BCUT2D eigenvalue weighted by molar-refractivity contribution is 0.0527. The quantitative estimate of drug-likeness (QED) is 0.0968. The molecule has 0 bridgehead atoms. The van der Waals surface area contributed by atoms with E-state index in [4.69, 9.17) is 14.2 Å². The van der Waals surface area contributed by atoms with Crippen LogP contribution in [0.5, 0.6) is 11.5 Å². The molecule has 0 saturated heterocycles. The van der Waals surface area contributed by atoms with Crippen molar-refractivity contribution in [3.05, 3.63) is 101 Å². The van der Waals surface area contributed by atoms with E-state index >= 15 is 0 Å². The van der Waals surface area contributed by atoms with Crippen molar-refractivity contribution < 1.29 is 23.8 Å². The first kappa shape index (κ1) is 26.7. The van der Waals surface area contributed by atoms with Gasteiger partial charge in [0.05, 0.1) is 25.4 Å². The Labute approximate surface area is 223 Å². The highest BCUT2D eigenvalue weighted by Crippen LogP contribution is 2.29. The average molecular weight is 512 g/mol. The lowest BCUT2D eigenvalue weighted by Crippen LogP contribution is -2.06. The SMILES string of the molecule is CCOC(=O)c1c(C)n(C)c2ccc(OCCCOc3ccc(C(=O)C=Cc4ccc(C)cc4)cc3)cc12. The summed E-state index contributed by atoms with van der Waals surface area (Å²) in [7, 11) is 1.93. The number of carbonyl (C=O) groups is 2. The third-order valence-electron chi connectivity index (χ3n) is 6.41. The van der Waals surface area contributed by atoms with E-state index in [9.17, 15) is 9.59 Å². The molecule has 0 saturated carbocycles. The Kier molecular flexibility index (Phi) is 8.64. The number of benzene rings is 3. The van der Waals surface area contributed by atoms with Gasteiger partial charge in [0.2, 0.25) is 0 Å². The van der Waals surface area contributed by atoms with Crippen molar-refractivity contribution in [2.75, 3.05) is 19.8 Å². The van der Waals surface area contributed by atoms with Crippen LogP contribution >= 0.6 is 0 Å². The number of carbonyl (C=O) groups excluding carboxylic acids is 2. The molecule has 1 aromatic heterocycles. The Balaban J connectivity index is 1.27. The van der Waals surface area contributed by atoms with Crippen molar-refractivity contribution in [2.45, 2.75) is 27.2 Å². The van der Waals surface area contributed by atoms with E-state index in [-0.39, 0.29) is 11.8 Å². The number of esters is 1. The molecule has 0 aliphatic rings. The number of rotatable bonds is 11. The third kappa shape index (κ3) is 6.32. The summed E-state index contributed by atoms with van der Waals surface area (Å²) in [5, 5.41) is 0.820. The van der Waals surface area contributed by atoms with E-state index in [1.807, 2.05) is 74.0 Å². The van der Waals surface area contributed by atoms with E-state index < -0.39 is 0 Å². The number of ketones is 1. The fraction of sp³-hybridized carbons (Fsp3) is 0.250. The molecule has 196 valence electrons. The molecule has 0 radical (unpaired) electrons. The summed E-state index contributed by atoms with van der Waals surface area (Å²) in [6.07, 6.45) is 4.08. The van der Waals surface area contributed by atoms with E-state index in [2.05, 4.69) is 0 Å². The lowest BCUT2D eigenvalue weighted by atomic mass is 10.1. The van der Waals surface area contributed by atoms with Gasteiger partial charge in [-0.2, -0.15) is 0 Å². The smallest absolute Gasteiger partial charge is 0.340 e. The predicted octanol–water partition coefficient (Wildman–Crippen LogP) is 6.72. The van der Waals surface area contributed by atoms with Crippen LogP contribution in [0.15, 0.2) is 72.8 Å². The first-order chi connectivity index (χ1) is 18.4. The lowest BCUT2D eigenvalue weighted by Gasteiger charge is -2.09. The summed E-state index contributed by atoms with van der Waals surface area (Å²) < 4.78 is 19.0. The second-order valence-corrected chi connectivity index (χ2v) is 9.10. The molecule has 4 rings (SSSR count). The minimum Gasteiger partial charge on any atom is -0.493 e. The molecule has 0 N–H and O–H groups in total. The number of hydrogen-bond donors (Lipinski definition) is 0. The maximum atomic E-state index is 12.5. The Morgan fingerprint density at radius 3 is 2.21 bits per heavy atom. The molecule has 38 heavy (non-hydrogen) atoms. The molecule has 6 nitrogen and oxygen atoms in total. The molecule has 0 aliphatic carbocycles. The molecule has 6 heteroatoms. The largest absolute Gasteiger partial charge is 0.493 e. The van der Waals surface area contributed by atoms with Crippen LogP contribution in [0.3, 0.4) is 0 Å². The Hall–Kier alpha value is -4.32. The predicted molar refractivity (Wildman–Crippen MR) is 150 cm³/mol. The van der Waals surface area contributed by atoms with Gasteiger partial charge >= 0.3 is 5.97 Å². The normalized spacial score (nSPS) is 11.2. The zero-order valence-electron chi connectivity index (χ0n) is 22.3. The number of allylic oxidation sites excluding steroid dienone is 1. The number of aryl methyl sites for hydroxylation is 2. The molecule has 0 aliphatic heterocycles. The van der Waals surface area contributed by atoms with E-state index in [0.29, 0.717) is 48.9 Å². The Morgan fingerprint density at radius 1 is 0.868 bits per heavy atom. The van der Waals surface area contributed by atoms with E-state index in [1.54, 1.807) is 37.3 Å². The molecular weight excluding hydrogens is 478 g/mol. The summed E-state index contributed by atoms with van der Waals surface area (Å²) >= 11 is 0. The summed E-state index contributed by atoms with van der Waals surface area (Å²) in [5.74, 6) is 1.01. The maximum Gasteiger partial charge on any atom is 0.340 e. The zero-order valence-corrected chi connectivity index (χ0v) is 22.3. The second-order valence-electron chi connectivity index (χ2n) is 9.10. The van der Waals surface area contributed by atoms with Crippen molar-refractivity contribution in [2.24, 2.45) is 7.05 Å². The van der Waals surface area contributed by atoms with Crippen LogP contribution in [0.25, 0.3) is 17.0 Å². The molecule has 3 aromatic carbocycles. The minimum absolute atomic E-state index is 0.0535. The third-order valence-corrected chi connectivity index (χ3v) is 6.41. The van der Waals surface area contributed by atoms with Crippen LogP contribution in [0, 0.1) is 13.8 Å². The first-order valence-corrected chi connectivity index (χ1v) is 12.8. The van der Waals surface area contributed by atoms with Crippen LogP contribution in [0.1, 0.15) is 50.9 Å². The van der Waals surface area contributed by atoms with E-state index in [1.165, 1.54) is 5.56 Å². The highest BCUT2D eigenvalue weighted by Gasteiger charge is 2.20. The number of hydrogen-bond acceptors (Lipinski definition) is 5. The summed E-state index contributed by atoms with van der Waals surface area (Å²) in [5.41, 5.74) is 5.17. The maximum absolute atomic E-state index is 12.5. The van der Waals surface area contributed by atoms with Gasteiger partial charge in [-0.25, -0.2) is 4.79 Å². The van der Waals surface area contributed by atoms with Crippen LogP contribution in [0.4, 0.5) is 0 Å². The number of aromatic nitrogens is 1. The first-order valence-electron chi connectivity index (χ1n) is 12.8. The van der Waals surface area contributed by atoms with Gasteiger partial charge in [0.25, 0.3) is 0 Å². The van der Waals surface area contributed by atoms with Crippen LogP contribution < -0.4 is 9.47 Å². The topological polar surface area (TPSA) is 66.8 Å². The molecule has 0 fully saturated rings. The molecule has 1 heterocycles. The van der Waals surface area contributed by atoms with Gasteiger partial charge in [-0.05, 0) is 74.9 Å². The monoisotopic (exact) mass is 511 g/mol. The number of fused-ring (bicyclic) bond motifs is 1. The van der Waals surface area contributed by atoms with E-state index in [0.717, 1.165) is 22.2 Å². The molecule has 0 atom stereocenters. The van der Waals surface area contributed by atoms with Gasteiger partial charge in [-0.1, -0.05) is 35.9 Å². The summed E-state index contributed by atoms with van der Waals surface area (Å²) in [4.78, 5) is 24.9. The fourth-order valence-corrected chi connectivity index (χ4v) is 4.20. The van der Waals surface area contributed by atoms with Crippen molar-refractivity contribution in [1.82, 2.24) is 4.57 Å². The molecule has 4 aromatic rings. The van der Waals surface area contributed by atoms with Crippen molar-refractivity contribution in [3.63, 3.8) is 0 Å². The number of nitrogens with zero attached hydrogens (tertiary/aromatic N) is 1. The summed E-state index contributed by atoms with van der Waals surface area (Å²) in [6, 6.07) is 20.9.